The molecule has 1 N–H and O–H groups in total. The van der Waals surface area contributed by atoms with Crippen molar-refractivity contribution in [3.63, 3.8) is 0 Å². The molecule has 2 rings (SSSR count). The molecular formula is C9H15IN2O. The largest absolute Gasteiger partial charge is 0.355 e. The van der Waals surface area contributed by atoms with Gasteiger partial charge in [-0.1, -0.05) is 22.6 Å². The van der Waals surface area contributed by atoms with Crippen LogP contribution in [0.2, 0.25) is 0 Å². The maximum atomic E-state index is 11.1. The van der Waals surface area contributed by atoms with E-state index in [4.69, 9.17) is 0 Å². The summed E-state index contributed by atoms with van der Waals surface area (Å²) >= 11 is 2.41. The van der Waals surface area contributed by atoms with Gasteiger partial charge in [-0.25, -0.2) is 0 Å². The van der Waals surface area contributed by atoms with Crippen LogP contribution < -0.4 is 5.32 Å². The Morgan fingerprint density at radius 3 is 3.08 bits per heavy atom. The lowest BCUT2D eigenvalue weighted by atomic mass is 9.86. The molecule has 0 radical (unpaired) electrons. The molecule has 0 saturated carbocycles. The summed E-state index contributed by atoms with van der Waals surface area (Å²) in [6.45, 7) is 4.38. The lowest BCUT2D eigenvalue weighted by molar-refractivity contribution is -0.119. The fourth-order valence-corrected chi connectivity index (χ4v) is 3.06. The minimum absolute atomic E-state index is 0.247. The van der Waals surface area contributed by atoms with E-state index in [1.165, 1.54) is 23.9 Å². The molecule has 0 bridgehead atoms. The van der Waals surface area contributed by atoms with Crippen molar-refractivity contribution < 1.29 is 4.79 Å². The molecule has 0 aromatic carbocycles. The van der Waals surface area contributed by atoms with Crippen LogP contribution in [-0.2, 0) is 4.79 Å². The number of likely N-dealkylation sites (tertiary alicyclic amines) is 1. The Morgan fingerprint density at radius 1 is 1.62 bits per heavy atom. The molecule has 3 nitrogen and oxygen atoms in total. The number of halogens is 1. The van der Waals surface area contributed by atoms with Crippen LogP contribution in [0.25, 0.3) is 0 Å². The summed E-state index contributed by atoms with van der Waals surface area (Å²) < 4.78 is 1.19. The third kappa shape index (κ3) is 1.98. The molecule has 1 amide bonds. The fourth-order valence-electron chi connectivity index (χ4n) is 2.38. The second kappa shape index (κ2) is 3.73. The van der Waals surface area contributed by atoms with Crippen molar-refractivity contribution in [2.45, 2.75) is 12.8 Å². The molecule has 74 valence electrons. The van der Waals surface area contributed by atoms with Crippen LogP contribution in [0.15, 0.2) is 0 Å². The molecule has 1 atom stereocenters. The fraction of sp³-hybridized carbons (Fsp3) is 0.889. The smallest absolute Gasteiger partial charge is 0.220 e. The number of carbonyl (C=O) groups is 1. The SMILES string of the molecule is O=C1CC2(CCN(CCI)C2)CN1. The van der Waals surface area contributed by atoms with Gasteiger partial charge in [0.25, 0.3) is 0 Å². The Balaban J connectivity index is 1.93. The monoisotopic (exact) mass is 294 g/mol. The normalized spacial score (nSPS) is 34.4. The van der Waals surface area contributed by atoms with E-state index >= 15 is 0 Å². The van der Waals surface area contributed by atoms with Crippen molar-refractivity contribution in [2.24, 2.45) is 5.41 Å². The standard InChI is InChI=1S/C9H15IN2O/c10-2-4-12-3-1-9(7-12)5-8(13)11-6-9/h1-7H2,(H,11,13). The molecule has 0 aliphatic carbocycles. The van der Waals surface area contributed by atoms with Gasteiger partial charge in [0.1, 0.15) is 0 Å². The molecule has 2 fully saturated rings. The average molecular weight is 294 g/mol. The van der Waals surface area contributed by atoms with E-state index in [1.54, 1.807) is 0 Å². The van der Waals surface area contributed by atoms with Gasteiger partial charge in [-0.2, -0.15) is 0 Å². The number of rotatable bonds is 2. The van der Waals surface area contributed by atoms with Crippen LogP contribution >= 0.6 is 22.6 Å². The van der Waals surface area contributed by atoms with E-state index < -0.39 is 0 Å². The maximum Gasteiger partial charge on any atom is 0.220 e. The van der Waals surface area contributed by atoms with Crippen LogP contribution in [0.5, 0.6) is 0 Å². The summed E-state index contributed by atoms with van der Waals surface area (Å²) in [4.78, 5) is 13.6. The third-order valence-electron chi connectivity index (χ3n) is 3.11. The number of hydrogen-bond acceptors (Lipinski definition) is 2. The summed E-state index contributed by atoms with van der Waals surface area (Å²) in [5, 5.41) is 2.95. The Kier molecular flexibility index (Phi) is 2.78. The zero-order valence-corrected chi connectivity index (χ0v) is 9.84. The second-order valence-corrected chi connectivity index (χ2v) is 5.25. The Hall–Kier alpha value is 0.160. The Labute approximate surface area is 92.4 Å². The van der Waals surface area contributed by atoms with E-state index in [2.05, 4.69) is 32.8 Å². The molecule has 2 aliphatic heterocycles. The zero-order chi connectivity index (χ0) is 9.31. The van der Waals surface area contributed by atoms with Crippen LogP contribution in [0.4, 0.5) is 0 Å². The van der Waals surface area contributed by atoms with Crippen molar-refractivity contribution in [3.05, 3.63) is 0 Å². The van der Waals surface area contributed by atoms with Crippen molar-refractivity contribution in [1.29, 1.82) is 0 Å². The molecule has 2 aliphatic rings. The highest BCUT2D eigenvalue weighted by Gasteiger charge is 2.43. The van der Waals surface area contributed by atoms with Crippen LogP contribution in [-0.4, -0.2) is 41.4 Å². The first-order valence-corrected chi connectivity index (χ1v) is 6.32. The number of nitrogens with zero attached hydrogens (tertiary/aromatic N) is 1. The number of alkyl halides is 1. The maximum absolute atomic E-state index is 11.1. The summed E-state index contributed by atoms with van der Waals surface area (Å²) in [6, 6.07) is 0. The van der Waals surface area contributed by atoms with Crippen molar-refractivity contribution in [1.82, 2.24) is 10.2 Å². The van der Waals surface area contributed by atoms with Gasteiger partial charge in [0.15, 0.2) is 0 Å². The first-order valence-electron chi connectivity index (χ1n) is 4.79. The van der Waals surface area contributed by atoms with Gasteiger partial charge < -0.3 is 10.2 Å². The minimum Gasteiger partial charge on any atom is -0.355 e. The van der Waals surface area contributed by atoms with Gasteiger partial charge in [0.2, 0.25) is 5.91 Å². The predicted octanol–water partition coefficient (Wildman–Crippen LogP) is 0.633. The van der Waals surface area contributed by atoms with Gasteiger partial charge in [-0.3, -0.25) is 4.79 Å². The summed E-state index contributed by atoms with van der Waals surface area (Å²) in [5.41, 5.74) is 0.295. The van der Waals surface area contributed by atoms with Gasteiger partial charge in [0, 0.05) is 35.9 Å². The summed E-state index contributed by atoms with van der Waals surface area (Å²) in [7, 11) is 0. The Morgan fingerprint density at radius 2 is 2.46 bits per heavy atom. The topological polar surface area (TPSA) is 32.3 Å². The zero-order valence-electron chi connectivity index (χ0n) is 7.68. The minimum atomic E-state index is 0.247. The van der Waals surface area contributed by atoms with Gasteiger partial charge in [-0.15, -0.1) is 0 Å². The van der Waals surface area contributed by atoms with Gasteiger partial charge in [0.05, 0.1) is 0 Å². The highest BCUT2D eigenvalue weighted by molar-refractivity contribution is 14.1. The van der Waals surface area contributed by atoms with Gasteiger partial charge >= 0.3 is 0 Å². The van der Waals surface area contributed by atoms with Crippen molar-refractivity contribution in [2.75, 3.05) is 30.6 Å². The molecule has 13 heavy (non-hydrogen) atoms. The first-order chi connectivity index (χ1) is 6.24. The van der Waals surface area contributed by atoms with Crippen LogP contribution in [0.3, 0.4) is 0 Å². The van der Waals surface area contributed by atoms with Crippen LogP contribution in [0.1, 0.15) is 12.8 Å². The average Bonchev–Trinajstić information content (AvgIpc) is 2.62. The molecule has 1 spiro atoms. The molecule has 1 unspecified atom stereocenters. The van der Waals surface area contributed by atoms with E-state index in [-0.39, 0.29) is 5.91 Å². The van der Waals surface area contributed by atoms with E-state index in [0.29, 0.717) is 5.41 Å². The third-order valence-corrected chi connectivity index (χ3v) is 3.60. The van der Waals surface area contributed by atoms with E-state index in [0.717, 1.165) is 19.5 Å². The number of carbonyl (C=O) groups excluding carboxylic acids is 1. The highest BCUT2D eigenvalue weighted by Crippen LogP contribution is 2.36. The number of nitrogens with one attached hydrogen (secondary N) is 1. The molecule has 4 heteroatoms. The van der Waals surface area contributed by atoms with Crippen molar-refractivity contribution >= 4 is 28.5 Å². The molecule has 0 aromatic rings. The first kappa shape index (κ1) is 9.71. The van der Waals surface area contributed by atoms with E-state index in [9.17, 15) is 4.79 Å². The quantitative estimate of drug-likeness (QED) is 0.598. The lowest BCUT2D eigenvalue weighted by Gasteiger charge is -2.21. The summed E-state index contributed by atoms with van der Waals surface area (Å²) in [6.07, 6.45) is 1.95. The Bertz CT molecular complexity index is 222. The van der Waals surface area contributed by atoms with Crippen LogP contribution in [0, 0.1) is 5.41 Å². The van der Waals surface area contributed by atoms with E-state index in [1.807, 2.05) is 0 Å². The highest BCUT2D eigenvalue weighted by atomic mass is 127. The second-order valence-electron chi connectivity index (χ2n) is 4.17. The molecule has 2 heterocycles. The molecular weight excluding hydrogens is 279 g/mol. The van der Waals surface area contributed by atoms with Crippen molar-refractivity contribution in [3.8, 4) is 0 Å². The number of hydrogen-bond donors (Lipinski definition) is 1. The van der Waals surface area contributed by atoms with Gasteiger partial charge in [-0.05, 0) is 13.0 Å². The number of amides is 1. The molecule has 2 saturated heterocycles. The predicted molar refractivity (Wildman–Crippen MR) is 60.0 cm³/mol. The summed E-state index contributed by atoms with van der Waals surface area (Å²) in [5.74, 6) is 0.247. The molecule has 0 aromatic heterocycles. The lowest BCUT2D eigenvalue weighted by Crippen LogP contribution is -2.30.